The van der Waals surface area contributed by atoms with Gasteiger partial charge in [-0.05, 0) is 51.5 Å². The molecule has 2 aromatic rings. The number of aliphatic imine (C=N–C) groups is 1. The summed E-state index contributed by atoms with van der Waals surface area (Å²) in [6.07, 6.45) is 5.36. The number of carbonyl (C=O) groups is 1. The van der Waals surface area contributed by atoms with Crippen LogP contribution in [-0.4, -0.2) is 68.1 Å². The van der Waals surface area contributed by atoms with Gasteiger partial charge in [-0.25, -0.2) is 9.67 Å². The van der Waals surface area contributed by atoms with Crippen molar-refractivity contribution in [3.63, 3.8) is 0 Å². The van der Waals surface area contributed by atoms with E-state index in [1.807, 2.05) is 34.2 Å². The van der Waals surface area contributed by atoms with Gasteiger partial charge in [-0.1, -0.05) is 0 Å². The maximum Gasteiger partial charge on any atom is 0.242 e. The van der Waals surface area contributed by atoms with Gasteiger partial charge in [0.05, 0.1) is 12.1 Å². The molecular formula is C20H29N7O. The third-order valence-electron chi connectivity index (χ3n) is 4.85. The Labute approximate surface area is 166 Å². The highest BCUT2D eigenvalue weighted by Crippen LogP contribution is 2.24. The van der Waals surface area contributed by atoms with Crippen LogP contribution in [0.4, 0.5) is 0 Å². The van der Waals surface area contributed by atoms with Crippen LogP contribution in [0.15, 0.2) is 41.8 Å². The SMILES string of the molecule is CN=C(NCc1ccnc(-n2cccn2)c1)N1CC(=O)N(C(C)C)C(C)(C)C1. The number of hydrogen-bond donors (Lipinski definition) is 1. The van der Waals surface area contributed by atoms with E-state index in [1.165, 1.54) is 0 Å². The molecule has 3 rings (SSSR count). The Hall–Kier alpha value is -2.90. The minimum Gasteiger partial charge on any atom is -0.352 e. The molecule has 0 saturated carbocycles. The van der Waals surface area contributed by atoms with E-state index in [2.05, 4.69) is 48.1 Å². The molecule has 0 unspecified atom stereocenters. The van der Waals surface area contributed by atoms with Crippen molar-refractivity contribution in [2.24, 2.45) is 4.99 Å². The molecule has 1 aliphatic rings. The van der Waals surface area contributed by atoms with E-state index in [9.17, 15) is 4.79 Å². The largest absolute Gasteiger partial charge is 0.352 e. The summed E-state index contributed by atoms with van der Waals surface area (Å²) >= 11 is 0. The molecule has 8 nitrogen and oxygen atoms in total. The van der Waals surface area contributed by atoms with Crippen LogP contribution in [-0.2, 0) is 11.3 Å². The van der Waals surface area contributed by atoms with Crippen molar-refractivity contribution < 1.29 is 4.79 Å². The summed E-state index contributed by atoms with van der Waals surface area (Å²) in [6.45, 7) is 9.96. The lowest BCUT2D eigenvalue weighted by atomic mass is 9.96. The maximum atomic E-state index is 12.7. The summed E-state index contributed by atoms with van der Waals surface area (Å²) in [5, 5.41) is 7.60. The van der Waals surface area contributed by atoms with Crippen LogP contribution in [0.25, 0.3) is 5.82 Å². The van der Waals surface area contributed by atoms with E-state index < -0.39 is 0 Å². The Morgan fingerprint density at radius 2 is 2.14 bits per heavy atom. The molecule has 2 aromatic heterocycles. The molecule has 8 heteroatoms. The maximum absolute atomic E-state index is 12.7. The van der Waals surface area contributed by atoms with E-state index >= 15 is 0 Å². The highest BCUT2D eigenvalue weighted by molar-refractivity contribution is 5.88. The molecule has 1 fully saturated rings. The van der Waals surface area contributed by atoms with Crippen LogP contribution in [0.3, 0.4) is 0 Å². The first-order valence-electron chi connectivity index (χ1n) is 9.54. The van der Waals surface area contributed by atoms with Gasteiger partial charge in [0, 0.05) is 44.8 Å². The monoisotopic (exact) mass is 383 g/mol. The van der Waals surface area contributed by atoms with Gasteiger partial charge in [-0.15, -0.1) is 0 Å². The van der Waals surface area contributed by atoms with Gasteiger partial charge in [0.2, 0.25) is 5.91 Å². The Balaban J connectivity index is 1.69. The van der Waals surface area contributed by atoms with Gasteiger partial charge >= 0.3 is 0 Å². The smallest absolute Gasteiger partial charge is 0.242 e. The Morgan fingerprint density at radius 1 is 1.36 bits per heavy atom. The summed E-state index contributed by atoms with van der Waals surface area (Å²) in [7, 11) is 1.75. The molecule has 1 amide bonds. The second-order valence-electron chi connectivity index (χ2n) is 7.90. The molecule has 1 saturated heterocycles. The van der Waals surface area contributed by atoms with E-state index in [-0.39, 0.29) is 17.5 Å². The van der Waals surface area contributed by atoms with Crippen LogP contribution in [0.5, 0.6) is 0 Å². The van der Waals surface area contributed by atoms with Gasteiger partial charge in [0.1, 0.15) is 0 Å². The first kappa shape index (κ1) is 19.9. The summed E-state index contributed by atoms with van der Waals surface area (Å²) < 4.78 is 1.73. The molecule has 1 aliphatic heterocycles. The zero-order valence-electron chi connectivity index (χ0n) is 17.3. The summed E-state index contributed by atoms with van der Waals surface area (Å²) in [6, 6.07) is 5.99. The van der Waals surface area contributed by atoms with Crippen molar-refractivity contribution in [1.29, 1.82) is 0 Å². The minimum absolute atomic E-state index is 0.124. The molecule has 0 aromatic carbocycles. The standard InChI is InChI=1S/C20H29N7O/c1-15(2)27-18(28)13-25(14-20(27,3)4)19(21-5)23-12-16-7-9-22-17(11-16)26-10-6-8-24-26/h6-11,15H,12-14H2,1-5H3,(H,21,23). The molecular weight excluding hydrogens is 354 g/mol. The molecule has 150 valence electrons. The van der Waals surface area contributed by atoms with Gasteiger partial charge in [0.15, 0.2) is 11.8 Å². The number of pyridine rings is 1. The molecule has 0 aliphatic carbocycles. The predicted molar refractivity (Wildman–Crippen MR) is 109 cm³/mol. The van der Waals surface area contributed by atoms with Crippen molar-refractivity contribution >= 4 is 11.9 Å². The Bertz CT molecular complexity index is 842. The lowest BCUT2D eigenvalue weighted by molar-refractivity contribution is -0.145. The lowest BCUT2D eigenvalue weighted by Crippen LogP contribution is -2.66. The third-order valence-corrected chi connectivity index (χ3v) is 4.85. The normalized spacial score (nSPS) is 17.4. The topological polar surface area (TPSA) is 78.6 Å². The lowest BCUT2D eigenvalue weighted by Gasteiger charge is -2.49. The average Bonchev–Trinajstić information content (AvgIpc) is 3.15. The van der Waals surface area contributed by atoms with Crippen molar-refractivity contribution in [1.82, 2.24) is 29.9 Å². The van der Waals surface area contributed by atoms with Crippen LogP contribution < -0.4 is 5.32 Å². The number of hydrogen-bond acceptors (Lipinski definition) is 4. The van der Waals surface area contributed by atoms with Crippen LogP contribution in [0, 0.1) is 0 Å². The van der Waals surface area contributed by atoms with Crippen molar-refractivity contribution in [2.45, 2.75) is 45.8 Å². The van der Waals surface area contributed by atoms with Gasteiger partial charge in [-0.2, -0.15) is 5.10 Å². The van der Waals surface area contributed by atoms with Crippen molar-refractivity contribution in [2.75, 3.05) is 20.1 Å². The Morgan fingerprint density at radius 3 is 2.75 bits per heavy atom. The fraction of sp³-hybridized carbons (Fsp3) is 0.500. The van der Waals surface area contributed by atoms with E-state index in [0.29, 0.717) is 13.1 Å². The summed E-state index contributed by atoms with van der Waals surface area (Å²) in [5.74, 6) is 1.61. The average molecular weight is 384 g/mol. The van der Waals surface area contributed by atoms with Crippen molar-refractivity contribution in [3.8, 4) is 5.82 Å². The zero-order valence-corrected chi connectivity index (χ0v) is 17.3. The van der Waals surface area contributed by atoms with Crippen molar-refractivity contribution in [3.05, 3.63) is 42.4 Å². The molecule has 28 heavy (non-hydrogen) atoms. The summed E-state index contributed by atoms with van der Waals surface area (Å²) in [4.78, 5) is 25.5. The second kappa shape index (κ2) is 8.00. The Kier molecular flexibility index (Phi) is 5.67. The minimum atomic E-state index is -0.259. The number of nitrogens with zero attached hydrogens (tertiary/aromatic N) is 6. The molecule has 3 heterocycles. The fourth-order valence-corrected chi connectivity index (χ4v) is 3.93. The van der Waals surface area contributed by atoms with E-state index in [1.54, 1.807) is 24.1 Å². The quantitative estimate of drug-likeness (QED) is 0.642. The molecule has 0 bridgehead atoms. The van der Waals surface area contributed by atoms with Crippen LogP contribution >= 0.6 is 0 Å². The number of rotatable bonds is 4. The van der Waals surface area contributed by atoms with Gasteiger partial charge in [0.25, 0.3) is 0 Å². The number of aromatic nitrogens is 3. The zero-order chi connectivity index (χ0) is 20.3. The number of amides is 1. The molecule has 1 N–H and O–H groups in total. The van der Waals surface area contributed by atoms with E-state index in [4.69, 9.17) is 0 Å². The van der Waals surface area contributed by atoms with Gasteiger partial charge < -0.3 is 15.1 Å². The fourth-order valence-electron chi connectivity index (χ4n) is 3.93. The van der Waals surface area contributed by atoms with Gasteiger partial charge in [-0.3, -0.25) is 9.79 Å². The van der Waals surface area contributed by atoms with Crippen LogP contribution in [0.2, 0.25) is 0 Å². The third kappa shape index (κ3) is 4.16. The number of carbonyl (C=O) groups excluding carboxylic acids is 1. The first-order valence-corrected chi connectivity index (χ1v) is 9.54. The first-order chi connectivity index (χ1) is 13.3. The number of piperazine rings is 1. The molecule has 0 spiro atoms. The highest BCUT2D eigenvalue weighted by Gasteiger charge is 2.40. The molecule has 0 radical (unpaired) electrons. The number of nitrogens with one attached hydrogen (secondary N) is 1. The number of guanidine groups is 1. The highest BCUT2D eigenvalue weighted by atomic mass is 16.2. The van der Waals surface area contributed by atoms with Crippen LogP contribution in [0.1, 0.15) is 33.3 Å². The molecule has 0 atom stereocenters. The second-order valence-corrected chi connectivity index (χ2v) is 7.90. The predicted octanol–water partition coefficient (Wildman–Crippen LogP) is 1.67. The van der Waals surface area contributed by atoms with E-state index in [0.717, 1.165) is 23.9 Å². The summed E-state index contributed by atoms with van der Waals surface area (Å²) in [5.41, 5.74) is 0.804.